The monoisotopic (exact) mass is 328 g/mol. The first kappa shape index (κ1) is 15.6. The molecule has 0 saturated carbocycles. The summed E-state index contributed by atoms with van der Waals surface area (Å²) in [6, 6.07) is 2.11. The zero-order valence-electron chi connectivity index (χ0n) is 13.9. The van der Waals surface area contributed by atoms with Crippen LogP contribution in [0.25, 0.3) is 0 Å². The van der Waals surface area contributed by atoms with E-state index in [1.54, 1.807) is 12.4 Å². The summed E-state index contributed by atoms with van der Waals surface area (Å²) in [5, 5.41) is 3.41. The highest BCUT2D eigenvalue weighted by Gasteiger charge is 2.45. The van der Waals surface area contributed by atoms with E-state index in [4.69, 9.17) is 4.74 Å². The third-order valence-electron chi connectivity index (χ3n) is 5.31. The maximum absolute atomic E-state index is 12.6. The Hall–Kier alpha value is -1.95. The van der Waals surface area contributed by atoms with E-state index in [1.165, 1.54) is 0 Å². The van der Waals surface area contributed by atoms with Crippen LogP contribution in [0.5, 0.6) is 0 Å². The Kier molecular flexibility index (Phi) is 4.22. The predicted octanol–water partition coefficient (Wildman–Crippen LogP) is 2.15. The molecule has 0 radical (unpaired) electrons. The molecule has 2 atom stereocenters. The molecular weight excluding hydrogens is 304 g/mol. The van der Waals surface area contributed by atoms with Crippen molar-refractivity contribution in [1.29, 1.82) is 0 Å². The van der Waals surface area contributed by atoms with E-state index in [1.807, 2.05) is 11.0 Å². The fourth-order valence-corrected chi connectivity index (χ4v) is 4.08. The molecule has 1 aliphatic carbocycles. The zero-order valence-corrected chi connectivity index (χ0v) is 13.9. The summed E-state index contributed by atoms with van der Waals surface area (Å²) in [4.78, 5) is 23.1. The van der Waals surface area contributed by atoms with Crippen molar-refractivity contribution in [2.45, 2.75) is 50.2 Å². The third-order valence-corrected chi connectivity index (χ3v) is 5.31. The Labute approximate surface area is 142 Å². The lowest BCUT2D eigenvalue weighted by atomic mass is 9.89. The maximum Gasteiger partial charge on any atom is 0.249 e. The second-order valence-electron chi connectivity index (χ2n) is 7.04. The number of nitrogens with zero attached hydrogens (tertiary/aromatic N) is 3. The molecule has 0 bridgehead atoms. The molecule has 2 saturated heterocycles. The number of aromatic nitrogens is 2. The zero-order chi connectivity index (χ0) is 16.4. The Balaban J connectivity index is 1.39. The number of carbonyl (C=O) groups is 1. The van der Waals surface area contributed by atoms with Gasteiger partial charge < -0.3 is 15.0 Å². The molecule has 128 valence electrons. The van der Waals surface area contributed by atoms with Gasteiger partial charge in [-0.05, 0) is 44.6 Å². The van der Waals surface area contributed by atoms with E-state index in [0.717, 1.165) is 57.2 Å². The fourth-order valence-electron chi connectivity index (χ4n) is 4.08. The van der Waals surface area contributed by atoms with Crippen molar-refractivity contribution in [3.63, 3.8) is 0 Å². The van der Waals surface area contributed by atoms with Crippen LogP contribution in [0.15, 0.2) is 30.1 Å². The molecule has 4 rings (SSSR count). The molecule has 1 spiro atoms. The lowest BCUT2D eigenvalue weighted by Gasteiger charge is -2.38. The molecule has 2 fully saturated rings. The summed E-state index contributed by atoms with van der Waals surface area (Å²) < 4.78 is 6.14. The lowest BCUT2D eigenvalue weighted by Crippen LogP contribution is -2.47. The number of allylic oxidation sites excluding steroid dienone is 1. The van der Waals surface area contributed by atoms with Crippen LogP contribution in [-0.2, 0) is 9.53 Å². The van der Waals surface area contributed by atoms with E-state index >= 15 is 0 Å². The second-order valence-corrected chi connectivity index (χ2v) is 7.04. The Morgan fingerprint density at radius 1 is 1.38 bits per heavy atom. The normalized spacial score (nSPS) is 29.8. The fraction of sp³-hybridized carbons (Fsp3) is 0.611. The number of anilines is 1. The first-order chi connectivity index (χ1) is 11.7. The van der Waals surface area contributed by atoms with E-state index in [-0.39, 0.29) is 11.5 Å². The molecule has 3 heterocycles. The minimum Gasteiger partial charge on any atom is -0.373 e. The molecular formula is C18H24N4O2. The van der Waals surface area contributed by atoms with Gasteiger partial charge in [-0.25, -0.2) is 9.97 Å². The Morgan fingerprint density at radius 3 is 3.04 bits per heavy atom. The molecule has 1 aromatic rings. The Bertz CT molecular complexity index is 633. The predicted molar refractivity (Wildman–Crippen MR) is 90.5 cm³/mol. The lowest BCUT2D eigenvalue weighted by molar-refractivity contribution is -0.129. The smallest absolute Gasteiger partial charge is 0.249 e. The summed E-state index contributed by atoms with van der Waals surface area (Å²) in [6.45, 7) is 2.22. The highest BCUT2D eigenvalue weighted by Crippen LogP contribution is 2.36. The minimum atomic E-state index is -0.209. The summed E-state index contributed by atoms with van der Waals surface area (Å²) in [5.41, 5.74) is 0.787. The number of nitrogens with one attached hydrogen (secondary N) is 1. The number of rotatable bonds is 3. The van der Waals surface area contributed by atoms with Crippen molar-refractivity contribution in [2.75, 3.05) is 25.0 Å². The molecule has 24 heavy (non-hydrogen) atoms. The van der Waals surface area contributed by atoms with Gasteiger partial charge in [0.05, 0.1) is 12.1 Å². The van der Waals surface area contributed by atoms with E-state index < -0.39 is 0 Å². The average Bonchev–Trinajstić information content (AvgIpc) is 3.26. The molecule has 0 unspecified atom stereocenters. The van der Waals surface area contributed by atoms with Gasteiger partial charge in [-0.15, -0.1) is 0 Å². The number of hydrogen-bond donors (Lipinski definition) is 1. The van der Waals surface area contributed by atoms with Gasteiger partial charge in [0.15, 0.2) is 0 Å². The van der Waals surface area contributed by atoms with Crippen molar-refractivity contribution < 1.29 is 9.53 Å². The third kappa shape index (κ3) is 3.15. The summed E-state index contributed by atoms with van der Waals surface area (Å²) in [7, 11) is 0. The van der Waals surface area contributed by atoms with Gasteiger partial charge in [0, 0.05) is 37.2 Å². The van der Waals surface area contributed by atoms with Gasteiger partial charge >= 0.3 is 0 Å². The van der Waals surface area contributed by atoms with Gasteiger partial charge in [-0.2, -0.15) is 0 Å². The van der Waals surface area contributed by atoms with E-state index in [2.05, 4.69) is 21.4 Å². The van der Waals surface area contributed by atoms with Crippen LogP contribution < -0.4 is 5.32 Å². The van der Waals surface area contributed by atoms with Crippen molar-refractivity contribution in [3.05, 3.63) is 30.1 Å². The molecule has 6 heteroatoms. The van der Waals surface area contributed by atoms with Crippen LogP contribution in [0.1, 0.15) is 38.5 Å². The van der Waals surface area contributed by atoms with Crippen molar-refractivity contribution in [1.82, 2.24) is 14.9 Å². The van der Waals surface area contributed by atoms with Crippen LogP contribution in [-0.4, -0.2) is 52.1 Å². The van der Waals surface area contributed by atoms with Gasteiger partial charge in [0.25, 0.3) is 0 Å². The topological polar surface area (TPSA) is 67.4 Å². The Morgan fingerprint density at radius 2 is 2.25 bits per heavy atom. The summed E-state index contributed by atoms with van der Waals surface area (Å²) in [6.07, 6.45) is 11.4. The molecule has 6 nitrogen and oxygen atoms in total. The van der Waals surface area contributed by atoms with Crippen molar-refractivity contribution >= 4 is 11.9 Å². The number of likely N-dealkylation sites (tertiary alicyclic amines) is 1. The van der Waals surface area contributed by atoms with Gasteiger partial charge in [-0.1, -0.05) is 6.08 Å². The number of ether oxygens (including phenoxy) is 1. The van der Waals surface area contributed by atoms with Crippen LogP contribution in [0.4, 0.5) is 5.95 Å². The van der Waals surface area contributed by atoms with E-state index in [0.29, 0.717) is 18.5 Å². The maximum atomic E-state index is 12.6. The van der Waals surface area contributed by atoms with Crippen LogP contribution in [0, 0.1) is 0 Å². The van der Waals surface area contributed by atoms with Gasteiger partial charge in [0.2, 0.25) is 11.9 Å². The van der Waals surface area contributed by atoms with Crippen molar-refractivity contribution in [3.8, 4) is 0 Å². The minimum absolute atomic E-state index is 0.209. The van der Waals surface area contributed by atoms with Crippen LogP contribution in [0.2, 0.25) is 0 Å². The van der Waals surface area contributed by atoms with Crippen molar-refractivity contribution in [2.24, 2.45) is 0 Å². The molecule has 1 aromatic heterocycles. The summed E-state index contributed by atoms with van der Waals surface area (Å²) >= 11 is 0. The van der Waals surface area contributed by atoms with Gasteiger partial charge in [0.1, 0.15) is 0 Å². The molecule has 0 aromatic carbocycles. The van der Waals surface area contributed by atoms with Crippen LogP contribution in [0.3, 0.4) is 0 Å². The first-order valence-electron chi connectivity index (χ1n) is 8.90. The number of amides is 1. The number of hydrogen-bond acceptors (Lipinski definition) is 5. The molecule has 1 amide bonds. The highest BCUT2D eigenvalue weighted by molar-refractivity contribution is 5.94. The first-order valence-corrected chi connectivity index (χ1v) is 8.90. The standard InChI is InChI=1S/C18H24N4O2/c23-16(14-4-1-2-5-14)22-10-7-18(13-22)12-15(6-11-24-18)21-17-19-8-3-9-20-17/h3-4,8-9,15H,1-2,5-7,10-13H2,(H,19,20,21)/t15-,18+/m1/s1. The number of carbonyl (C=O) groups excluding carboxylic acids is 1. The van der Waals surface area contributed by atoms with Crippen LogP contribution >= 0.6 is 0 Å². The highest BCUT2D eigenvalue weighted by atomic mass is 16.5. The van der Waals surface area contributed by atoms with Gasteiger partial charge in [-0.3, -0.25) is 4.79 Å². The largest absolute Gasteiger partial charge is 0.373 e. The summed E-state index contributed by atoms with van der Waals surface area (Å²) in [5.74, 6) is 0.885. The molecule has 3 aliphatic rings. The second kappa shape index (κ2) is 6.51. The molecule has 2 aliphatic heterocycles. The molecule has 1 N–H and O–H groups in total. The van der Waals surface area contributed by atoms with E-state index in [9.17, 15) is 4.79 Å². The average molecular weight is 328 g/mol. The SMILES string of the molecule is O=C(C1=CCCC1)N1CC[C@]2(C[C@H](Nc3ncccn3)CCO2)C1. The quantitative estimate of drug-likeness (QED) is 0.921.